The third-order valence-corrected chi connectivity index (χ3v) is 3.29. The lowest BCUT2D eigenvalue weighted by atomic mass is 10.1. The molecule has 2 unspecified atom stereocenters. The van der Waals surface area contributed by atoms with Crippen LogP contribution >= 0.6 is 11.6 Å². The fraction of sp³-hybridized carbons (Fsp3) is 0.600. The van der Waals surface area contributed by atoms with Crippen molar-refractivity contribution in [2.24, 2.45) is 5.92 Å². The highest BCUT2D eigenvalue weighted by atomic mass is 35.5. The minimum absolute atomic E-state index is 0.112. The zero-order valence-corrected chi connectivity index (χ0v) is 12.7. The molecule has 2 N–H and O–H groups in total. The van der Waals surface area contributed by atoms with Crippen LogP contribution in [0.25, 0.3) is 0 Å². The number of ether oxygens (including phenoxy) is 1. The lowest BCUT2D eigenvalue weighted by molar-refractivity contribution is 0.174. The number of nitrogens with one attached hydrogen (secondary N) is 1. The molecule has 0 aromatic heterocycles. The van der Waals surface area contributed by atoms with E-state index in [4.69, 9.17) is 21.4 Å². The van der Waals surface area contributed by atoms with Gasteiger partial charge in [-0.1, -0.05) is 31.5 Å². The zero-order valence-electron chi connectivity index (χ0n) is 11.9. The number of aliphatic hydroxyl groups is 1. The average Bonchev–Trinajstić information content (AvgIpc) is 2.42. The first-order chi connectivity index (χ1) is 9.08. The Morgan fingerprint density at radius 1 is 1.37 bits per heavy atom. The van der Waals surface area contributed by atoms with Crippen molar-refractivity contribution in [3.63, 3.8) is 0 Å². The van der Waals surface area contributed by atoms with E-state index in [1.165, 1.54) is 0 Å². The Morgan fingerprint density at radius 3 is 2.68 bits per heavy atom. The molecule has 0 bridgehead atoms. The molecule has 0 radical (unpaired) electrons. The molecule has 3 nitrogen and oxygen atoms in total. The van der Waals surface area contributed by atoms with Crippen LogP contribution < -0.4 is 10.1 Å². The molecule has 0 aliphatic carbocycles. The molecule has 4 heteroatoms. The largest absolute Gasteiger partial charge is 0.492 e. The summed E-state index contributed by atoms with van der Waals surface area (Å²) in [6.07, 6.45) is 1.11. The molecular formula is C15H24ClNO2. The molecule has 2 atom stereocenters. The molecule has 0 aliphatic heterocycles. The maximum absolute atomic E-state index is 8.96. The second-order valence-corrected chi connectivity index (χ2v) is 5.37. The number of hydrogen-bond donors (Lipinski definition) is 2. The van der Waals surface area contributed by atoms with Crippen LogP contribution in [0.5, 0.6) is 5.75 Å². The van der Waals surface area contributed by atoms with Crippen LogP contribution in [0.1, 0.15) is 38.8 Å². The van der Waals surface area contributed by atoms with Gasteiger partial charge in [0.05, 0.1) is 11.6 Å². The van der Waals surface area contributed by atoms with Gasteiger partial charge in [0.1, 0.15) is 5.75 Å². The van der Waals surface area contributed by atoms with E-state index in [0.29, 0.717) is 17.4 Å². The van der Waals surface area contributed by atoms with Gasteiger partial charge in [0, 0.05) is 18.6 Å². The zero-order chi connectivity index (χ0) is 14.3. The molecular weight excluding hydrogens is 262 g/mol. The van der Waals surface area contributed by atoms with Crippen molar-refractivity contribution < 1.29 is 9.84 Å². The predicted molar refractivity (Wildman–Crippen MR) is 79.9 cm³/mol. The van der Waals surface area contributed by atoms with Crippen molar-refractivity contribution in [2.45, 2.75) is 33.2 Å². The minimum atomic E-state index is 0.112. The topological polar surface area (TPSA) is 41.5 Å². The quantitative estimate of drug-likeness (QED) is 0.769. The van der Waals surface area contributed by atoms with Gasteiger partial charge in [-0.2, -0.15) is 0 Å². The van der Waals surface area contributed by atoms with E-state index in [9.17, 15) is 0 Å². The summed E-state index contributed by atoms with van der Waals surface area (Å²) >= 11 is 6.22. The highest BCUT2D eigenvalue weighted by Gasteiger charge is 2.09. The number of halogens is 1. The van der Waals surface area contributed by atoms with Crippen LogP contribution in [0.4, 0.5) is 0 Å². The van der Waals surface area contributed by atoms with Crippen molar-refractivity contribution >= 4 is 11.6 Å². The summed E-state index contributed by atoms with van der Waals surface area (Å²) < 4.78 is 5.59. The van der Waals surface area contributed by atoms with E-state index in [2.05, 4.69) is 19.2 Å². The van der Waals surface area contributed by atoms with Crippen molar-refractivity contribution in [1.82, 2.24) is 5.32 Å². The summed E-state index contributed by atoms with van der Waals surface area (Å²) in [5.74, 6) is 0.786. The van der Waals surface area contributed by atoms with E-state index < -0.39 is 0 Å². The fourth-order valence-electron chi connectivity index (χ4n) is 1.67. The summed E-state index contributed by atoms with van der Waals surface area (Å²) in [5.41, 5.74) is 1.15. The highest BCUT2D eigenvalue weighted by molar-refractivity contribution is 6.32. The van der Waals surface area contributed by atoms with Gasteiger partial charge in [-0.15, -0.1) is 0 Å². The second kappa shape index (κ2) is 8.41. The first kappa shape index (κ1) is 16.3. The fourth-order valence-corrected chi connectivity index (χ4v) is 1.91. The third-order valence-electron chi connectivity index (χ3n) is 2.99. The van der Waals surface area contributed by atoms with Gasteiger partial charge in [-0.25, -0.2) is 0 Å². The Morgan fingerprint density at radius 2 is 2.11 bits per heavy atom. The van der Waals surface area contributed by atoms with Crippen LogP contribution in [0.15, 0.2) is 18.2 Å². The Labute approximate surface area is 120 Å². The summed E-state index contributed by atoms with van der Waals surface area (Å²) in [6.45, 7) is 7.78. The smallest absolute Gasteiger partial charge is 0.137 e. The standard InChI is InChI=1S/C15H24ClNO2/c1-4-7-17-12(3)13-5-6-15(14(16)8-13)19-10-11(2)9-18/h5-6,8,11-12,17-18H,4,7,9-10H2,1-3H3. The van der Waals surface area contributed by atoms with E-state index >= 15 is 0 Å². The first-order valence-electron chi connectivity index (χ1n) is 6.85. The van der Waals surface area contributed by atoms with Gasteiger partial charge in [0.15, 0.2) is 0 Å². The Balaban J connectivity index is 2.63. The van der Waals surface area contributed by atoms with Gasteiger partial charge in [-0.05, 0) is 37.6 Å². The summed E-state index contributed by atoms with van der Waals surface area (Å²) in [5, 5.41) is 13.0. The first-order valence-corrected chi connectivity index (χ1v) is 7.22. The summed E-state index contributed by atoms with van der Waals surface area (Å²) in [7, 11) is 0. The van der Waals surface area contributed by atoms with E-state index in [1.807, 2.05) is 25.1 Å². The summed E-state index contributed by atoms with van der Waals surface area (Å²) in [6, 6.07) is 6.14. The number of benzene rings is 1. The lowest BCUT2D eigenvalue weighted by Gasteiger charge is -2.16. The Kier molecular flexibility index (Phi) is 7.21. The van der Waals surface area contributed by atoms with Crippen molar-refractivity contribution in [2.75, 3.05) is 19.8 Å². The average molecular weight is 286 g/mol. The molecule has 1 aromatic carbocycles. The number of aliphatic hydroxyl groups excluding tert-OH is 1. The van der Waals surface area contributed by atoms with Gasteiger partial charge >= 0.3 is 0 Å². The van der Waals surface area contributed by atoms with Crippen LogP contribution in [0, 0.1) is 5.92 Å². The molecule has 0 aliphatic rings. The number of hydrogen-bond acceptors (Lipinski definition) is 3. The Hall–Kier alpha value is -0.770. The lowest BCUT2D eigenvalue weighted by Crippen LogP contribution is -2.19. The molecule has 1 rings (SSSR count). The van der Waals surface area contributed by atoms with Crippen molar-refractivity contribution in [3.8, 4) is 5.75 Å². The maximum Gasteiger partial charge on any atom is 0.137 e. The van der Waals surface area contributed by atoms with Gasteiger partial charge in [0.2, 0.25) is 0 Å². The van der Waals surface area contributed by atoms with Gasteiger partial charge in [0.25, 0.3) is 0 Å². The van der Waals surface area contributed by atoms with Crippen molar-refractivity contribution in [1.29, 1.82) is 0 Å². The normalized spacial score (nSPS) is 14.2. The van der Waals surface area contributed by atoms with Crippen LogP contribution in [0.3, 0.4) is 0 Å². The Bertz CT molecular complexity index is 384. The molecule has 0 heterocycles. The second-order valence-electron chi connectivity index (χ2n) is 4.96. The SMILES string of the molecule is CCCNC(C)c1ccc(OCC(C)CO)c(Cl)c1. The predicted octanol–water partition coefficient (Wildman–Crippen LogP) is 3.41. The molecule has 0 fully saturated rings. The van der Waals surface area contributed by atoms with Crippen LogP contribution in [0.2, 0.25) is 5.02 Å². The van der Waals surface area contributed by atoms with Gasteiger partial charge in [-0.3, -0.25) is 0 Å². The molecule has 0 saturated carbocycles. The van der Waals surface area contributed by atoms with E-state index in [-0.39, 0.29) is 18.6 Å². The van der Waals surface area contributed by atoms with Crippen LogP contribution in [-0.4, -0.2) is 24.9 Å². The molecule has 0 amide bonds. The third kappa shape index (κ3) is 5.39. The molecule has 0 saturated heterocycles. The van der Waals surface area contributed by atoms with Crippen molar-refractivity contribution in [3.05, 3.63) is 28.8 Å². The molecule has 0 spiro atoms. The molecule has 19 heavy (non-hydrogen) atoms. The molecule has 1 aromatic rings. The van der Waals surface area contributed by atoms with Gasteiger partial charge < -0.3 is 15.2 Å². The van der Waals surface area contributed by atoms with E-state index in [0.717, 1.165) is 18.5 Å². The maximum atomic E-state index is 8.96. The van der Waals surface area contributed by atoms with E-state index in [1.54, 1.807) is 0 Å². The minimum Gasteiger partial charge on any atom is -0.492 e. The molecule has 108 valence electrons. The number of rotatable bonds is 8. The van der Waals surface area contributed by atoms with Crippen LogP contribution in [-0.2, 0) is 0 Å². The monoisotopic (exact) mass is 285 g/mol. The summed E-state index contributed by atoms with van der Waals surface area (Å²) in [4.78, 5) is 0. The highest BCUT2D eigenvalue weighted by Crippen LogP contribution is 2.28.